The Morgan fingerprint density at radius 3 is 3.03 bits per heavy atom. The molecule has 182 valence electrons. The number of hydrogen-bond donors (Lipinski definition) is 1. The number of alkyl halides is 1. The zero-order valence-electron chi connectivity index (χ0n) is 19.4. The van der Waals surface area contributed by atoms with Gasteiger partial charge >= 0.3 is 5.97 Å². The molecule has 3 atom stereocenters. The van der Waals surface area contributed by atoms with Crippen LogP contribution in [-0.4, -0.2) is 53.5 Å². The van der Waals surface area contributed by atoms with E-state index in [2.05, 4.69) is 9.88 Å². The van der Waals surface area contributed by atoms with Gasteiger partial charge in [0.05, 0.1) is 24.8 Å². The number of carbonyl (C=O) groups is 1. The maximum Gasteiger partial charge on any atom is 0.308 e. The predicted octanol–water partition coefficient (Wildman–Crippen LogP) is 5.83. The number of thioether (sulfide) groups is 1. The summed E-state index contributed by atoms with van der Waals surface area (Å²) in [4.78, 5) is 18.6. The average Bonchev–Trinajstić information content (AvgIpc) is 3.38. The van der Waals surface area contributed by atoms with Gasteiger partial charge in [-0.15, -0.1) is 0 Å². The van der Waals surface area contributed by atoms with Crippen molar-refractivity contribution in [3.8, 4) is 5.75 Å². The number of pyridine rings is 1. The van der Waals surface area contributed by atoms with Crippen molar-refractivity contribution < 1.29 is 23.4 Å². The van der Waals surface area contributed by atoms with Crippen molar-refractivity contribution in [2.24, 2.45) is 11.8 Å². The first kappa shape index (κ1) is 24.5. The minimum Gasteiger partial charge on any atom is -0.497 e. The number of methoxy groups -OCH3 is 1. The van der Waals surface area contributed by atoms with Crippen LogP contribution in [0.25, 0.3) is 10.9 Å². The fourth-order valence-corrected chi connectivity index (χ4v) is 5.54. The summed E-state index contributed by atoms with van der Waals surface area (Å²) in [7, 11) is 1.58. The molecule has 0 spiro atoms. The summed E-state index contributed by atoms with van der Waals surface area (Å²) in [6, 6.07) is 11.0. The van der Waals surface area contributed by atoms with Crippen LogP contribution in [0.5, 0.6) is 5.75 Å². The number of nitrogens with zero attached hydrogens (tertiary/aromatic N) is 2. The van der Waals surface area contributed by atoms with Gasteiger partial charge < -0.3 is 19.2 Å². The van der Waals surface area contributed by atoms with Crippen LogP contribution in [0.3, 0.4) is 0 Å². The summed E-state index contributed by atoms with van der Waals surface area (Å²) in [5.41, 5.74) is 1.31. The van der Waals surface area contributed by atoms with Crippen LogP contribution >= 0.6 is 11.8 Å². The van der Waals surface area contributed by atoms with Gasteiger partial charge in [-0.25, -0.2) is 4.39 Å². The smallest absolute Gasteiger partial charge is 0.308 e. The highest BCUT2D eigenvalue weighted by Crippen LogP contribution is 2.35. The molecule has 1 aliphatic rings. The van der Waals surface area contributed by atoms with E-state index in [0.717, 1.165) is 47.7 Å². The lowest BCUT2D eigenvalue weighted by Gasteiger charge is -2.36. The molecule has 34 heavy (non-hydrogen) atoms. The van der Waals surface area contributed by atoms with Crippen molar-refractivity contribution in [2.45, 2.75) is 36.9 Å². The minimum absolute atomic E-state index is 0.0212. The number of aromatic nitrogens is 1. The summed E-state index contributed by atoms with van der Waals surface area (Å²) in [6.45, 7) is 2.24. The Morgan fingerprint density at radius 1 is 1.38 bits per heavy atom. The third kappa shape index (κ3) is 6.10. The molecule has 1 aromatic carbocycles. The van der Waals surface area contributed by atoms with Gasteiger partial charge in [-0.2, -0.15) is 0 Å². The molecule has 1 fully saturated rings. The molecule has 3 heterocycles. The average molecular weight is 487 g/mol. The number of carboxylic acid groups (broad SMARTS) is 1. The van der Waals surface area contributed by atoms with E-state index in [4.69, 9.17) is 9.15 Å². The Hall–Kier alpha value is -2.58. The quantitative estimate of drug-likeness (QED) is 0.270. The number of halogens is 1. The molecule has 0 unspecified atom stereocenters. The summed E-state index contributed by atoms with van der Waals surface area (Å²) in [5.74, 6) is 0.323. The van der Waals surface area contributed by atoms with Gasteiger partial charge in [-0.1, -0.05) is 11.8 Å². The highest BCUT2D eigenvalue weighted by atomic mass is 32.2. The Balaban J connectivity index is 1.31. The predicted molar refractivity (Wildman–Crippen MR) is 131 cm³/mol. The van der Waals surface area contributed by atoms with Crippen LogP contribution in [0.4, 0.5) is 4.39 Å². The van der Waals surface area contributed by atoms with Gasteiger partial charge in [-0.3, -0.25) is 9.78 Å². The number of piperidine rings is 1. The number of aliphatic carboxylic acids is 1. The molecule has 0 aliphatic carbocycles. The largest absolute Gasteiger partial charge is 0.497 e. The van der Waals surface area contributed by atoms with E-state index in [0.29, 0.717) is 30.7 Å². The topological polar surface area (TPSA) is 75.8 Å². The molecule has 0 amide bonds. The van der Waals surface area contributed by atoms with Crippen LogP contribution in [0.15, 0.2) is 58.4 Å². The maximum absolute atomic E-state index is 15.3. The van der Waals surface area contributed by atoms with Crippen molar-refractivity contribution in [2.75, 3.05) is 32.5 Å². The zero-order chi connectivity index (χ0) is 23.9. The number of likely N-dealkylation sites (tertiary alicyclic amines) is 1. The van der Waals surface area contributed by atoms with Gasteiger partial charge in [0.25, 0.3) is 0 Å². The molecule has 3 aromatic rings. The molecule has 0 bridgehead atoms. The third-order valence-electron chi connectivity index (χ3n) is 6.63. The molecule has 2 aromatic heterocycles. The number of benzene rings is 1. The standard InChI is InChI=1S/C26H31FN2O4S/c1-32-19-6-8-24-21(16-19)20(9-11-28-24)23(27)7-5-18-10-13-29(17-22(18)26(30)31)12-3-15-34-25-4-2-14-33-25/h2,4,6,8-9,11,14,16,18,22-23H,3,5,7,10,12-13,15,17H2,1H3,(H,30,31)/t18-,22+,23+/m1/s1. The van der Waals surface area contributed by atoms with E-state index in [-0.39, 0.29) is 5.92 Å². The molecule has 0 saturated carbocycles. The van der Waals surface area contributed by atoms with E-state index in [1.165, 1.54) is 0 Å². The first-order valence-electron chi connectivity index (χ1n) is 11.7. The molecule has 1 N–H and O–H groups in total. The van der Waals surface area contributed by atoms with Crippen LogP contribution in [0, 0.1) is 11.8 Å². The van der Waals surface area contributed by atoms with Gasteiger partial charge in [-0.05, 0) is 86.7 Å². The maximum atomic E-state index is 15.3. The molecular weight excluding hydrogens is 455 g/mol. The van der Waals surface area contributed by atoms with E-state index in [1.54, 1.807) is 37.4 Å². The SMILES string of the molecule is COc1ccc2nccc([C@@H](F)CC[C@@H]3CCN(CCCSc4ccco4)C[C@@H]3C(=O)O)c2c1. The number of furan rings is 1. The first-order valence-corrected chi connectivity index (χ1v) is 12.7. The van der Waals surface area contributed by atoms with Crippen LogP contribution in [-0.2, 0) is 4.79 Å². The Labute approximate surface area is 203 Å². The number of carboxylic acids is 1. The fraction of sp³-hybridized carbons (Fsp3) is 0.462. The fourth-order valence-electron chi connectivity index (χ4n) is 4.77. The van der Waals surface area contributed by atoms with E-state index in [9.17, 15) is 9.90 Å². The van der Waals surface area contributed by atoms with E-state index in [1.807, 2.05) is 30.3 Å². The Kier molecular flexibility index (Phi) is 8.45. The van der Waals surface area contributed by atoms with Gasteiger partial charge in [0.2, 0.25) is 0 Å². The highest BCUT2D eigenvalue weighted by molar-refractivity contribution is 7.99. The van der Waals surface area contributed by atoms with Gasteiger partial charge in [0.1, 0.15) is 11.9 Å². The summed E-state index contributed by atoms with van der Waals surface area (Å²) >= 11 is 1.67. The van der Waals surface area contributed by atoms with Gasteiger partial charge in [0.15, 0.2) is 5.09 Å². The minimum atomic E-state index is -1.18. The molecule has 8 heteroatoms. The number of hydrogen-bond acceptors (Lipinski definition) is 6. The zero-order valence-corrected chi connectivity index (χ0v) is 20.2. The molecule has 4 rings (SSSR count). The van der Waals surface area contributed by atoms with Crippen molar-refractivity contribution >= 4 is 28.6 Å². The lowest BCUT2D eigenvalue weighted by molar-refractivity contribution is -0.146. The second kappa shape index (κ2) is 11.7. The van der Waals surface area contributed by atoms with E-state index < -0.39 is 18.1 Å². The number of rotatable bonds is 11. The second-order valence-electron chi connectivity index (χ2n) is 8.76. The third-order valence-corrected chi connectivity index (χ3v) is 7.64. The highest BCUT2D eigenvalue weighted by Gasteiger charge is 2.34. The second-order valence-corrected chi connectivity index (χ2v) is 9.86. The summed E-state index contributed by atoms with van der Waals surface area (Å²) in [5, 5.41) is 11.5. The Morgan fingerprint density at radius 2 is 2.26 bits per heavy atom. The lowest BCUT2D eigenvalue weighted by atomic mass is 9.81. The van der Waals surface area contributed by atoms with Crippen molar-refractivity contribution in [3.05, 3.63) is 54.4 Å². The molecule has 1 aliphatic heterocycles. The van der Waals surface area contributed by atoms with Crippen molar-refractivity contribution in [1.82, 2.24) is 9.88 Å². The molecular formula is C26H31FN2O4S. The van der Waals surface area contributed by atoms with Crippen LogP contribution < -0.4 is 4.74 Å². The number of fused-ring (bicyclic) bond motifs is 1. The monoisotopic (exact) mass is 486 g/mol. The summed E-state index contributed by atoms with van der Waals surface area (Å²) in [6.07, 6.45) is 4.70. The molecule has 1 saturated heterocycles. The van der Waals surface area contributed by atoms with Gasteiger partial charge in [0, 0.05) is 23.9 Å². The lowest BCUT2D eigenvalue weighted by Crippen LogP contribution is -2.44. The summed E-state index contributed by atoms with van der Waals surface area (Å²) < 4.78 is 26.0. The van der Waals surface area contributed by atoms with Crippen LogP contribution in [0.1, 0.15) is 37.4 Å². The van der Waals surface area contributed by atoms with Crippen molar-refractivity contribution in [3.63, 3.8) is 0 Å². The molecule has 6 nitrogen and oxygen atoms in total. The van der Waals surface area contributed by atoms with Crippen molar-refractivity contribution in [1.29, 1.82) is 0 Å². The van der Waals surface area contributed by atoms with E-state index >= 15 is 4.39 Å². The first-order chi connectivity index (χ1) is 16.5. The molecule has 0 radical (unpaired) electrons. The Bertz CT molecular complexity index is 1080. The number of ether oxygens (including phenoxy) is 1. The normalized spacial score (nSPS) is 19.8. The van der Waals surface area contributed by atoms with Crippen LogP contribution in [0.2, 0.25) is 0 Å².